The quantitative estimate of drug-likeness (QED) is 0.841. The van der Waals surface area contributed by atoms with Crippen LogP contribution in [-0.4, -0.2) is 33.0 Å². The highest BCUT2D eigenvalue weighted by Gasteiger charge is 2.19. The molecule has 1 fully saturated rings. The maximum atomic E-state index is 4.65. The number of nitrogens with one attached hydrogen (secondary N) is 2. The zero-order chi connectivity index (χ0) is 12.4. The van der Waals surface area contributed by atoms with Crippen molar-refractivity contribution in [2.45, 2.75) is 25.7 Å². The summed E-state index contributed by atoms with van der Waals surface area (Å²) in [6.45, 7) is 4.09. The van der Waals surface area contributed by atoms with Gasteiger partial charge >= 0.3 is 0 Å². The van der Waals surface area contributed by atoms with Gasteiger partial charge in [-0.3, -0.25) is 0 Å². The Hall–Kier alpha value is -1.75. The van der Waals surface area contributed by atoms with Crippen molar-refractivity contribution >= 4 is 0 Å². The van der Waals surface area contributed by atoms with Gasteiger partial charge in [-0.15, -0.1) is 0 Å². The van der Waals surface area contributed by atoms with Crippen molar-refractivity contribution in [3.63, 3.8) is 0 Å². The van der Waals surface area contributed by atoms with Gasteiger partial charge in [0.25, 0.3) is 0 Å². The molecule has 1 aliphatic rings. The minimum absolute atomic E-state index is 0.423. The molecule has 1 unspecified atom stereocenters. The molecule has 0 aliphatic carbocycles. The minimum atomic E-state index is 0.423. The third-order valence-electron chi connectivity index (χ3n) is 3.27. The number of H-pyrrole nitrogens is 1. The molecule has 1 atom stereocenters. The molecule has 0 amide bonds. The van der Waals surface area contributed by atoms with E-state index in [-0.39, 0.29) is 0 Å². The molecule has 2 aromatic heterocycles. The van der Waals surface area contributed by atoms with Gasteiger partial charge in [0.05, 0.1) is 0 Å². The molecule has 5 nitrogen and oxygen atoms in total. The lowest BCUT2D eigenvalue weighted by atomic mass is 9.98. The second-order valence-corrected chi connectivity index (χ2v) is 4.73. The van der Waals surface area contributed by atoms with Gasteiger partial charge in [0.1, 0.15) is 11.5 Å². The van der Waals surface area contributed by atoms with E-state index < -0.39 is 0 Å². The number of hydrogen-bond acceptors (Lipinski definition) is 4. The van der Waals surface area contributed by atoms with Gasteiger partial charge in [-0.1, -0.05) is 0 Å². The van der Waals surface area contributed by atoms with E-state index in [1.165, 1.54) is 6.42 Å². The molecule has 0 saturated carbocycles. The second-order valence-electron chi connectivity index (χ2n) is 4.73. The molecule has 0 bridgehead atoms. The maximum absolute atomic E-state index is 4.65. The van der Waals surface area contributed by atoms with Crippen LogP contribution < -0.4 is 5.32 Å². The van der Waals surface area contributed by atoms with E-state index in [2.05, 4.69) is 25.3 Å². The topological polar surface area (TPSA) is 66.5 Å². The Morgan fingerprint density at radius 1 is 1.33 bits per heavy atom. The van der Waals surface area contributed by atoms with Gasteiger partial charge in [0, 0.05) is 30.6 Å². The van der Waals surface area contributed by atoms with Crippen LogP contribution in [-0.2, 0) is 0 Å². The number of nitrogens with zero attached hydrogens (tertiary/aromatic N) is 3. The van der Waals surface area contributed by atoms with Crippen LogP contribution in [0.1, 0.15) is 30.3 Å². The van der Waals surface area contributed by atoms with E-state index in [4.69, 9.17) is 0 Å². The molecule has 1 saturated heterocycles. The normalized spacial score (nSPS) is 19.9. The standard InChI is InChI=1S/C13H17N5/c1-9-7-11(13-15-5-6-16-13)18-12(17-9)10-3-2-4-14-8-10/h5-7,10,14H,2-4,8H2,1H3,(H,15,16). The number of aromatic nitrogens is 4. The highest BCUT2D eigenvalue weighted by Crippen LogP contribution is 2.22. The van der Waals surface area contributed by atoms with Crippen LogP contribution in [0, 0.1) is 6.92 Å². The van der Waals surface area contributed by atoms with Crippen molar-refractivity contribution in [1.29, 1.82) is 0 Å². The Kier molecular flexibility index (Phi) is 3.06. The summed E-state index contributed by atoms with van der Waals surface area (Å²) >= 11 is 0. The first kappa shape index (κ1) is 11.3. The fraction of sp³-hybridized carbons (Fsp3) is 0.462. The maximum Gasteiger partial charge on any atom is 0.156 e. The molecule has 3 heterocycles. The summed E-state index contributed by atoms with van der Waals surface area (Å²) in [5.41, 5.74) is 1.88. The van der Waals surface area contributed by atoms with E-state index in [1.54, 1.807) is 6.20 Å². The fourth-order valence-corrected chi connectivity index (χ4v) is 2.37. The number of imidazole rings is 1. The molecule has 0 aromatic carbocycles. The van der Waals surface area contributed by atoms with Gasteiger partial charge < -0.3 is 10.3 Å². The molecule has 3 rings (SSSR count). The average Bonchev–Trinajstić information content (AvgIpc) is 2.93. The monoisotopic (exact) mass is 243 g/mol. The van der Waals surface area contributed by atoms with E-state index >= 15 is 0 Å². The third kappa shape index (κ3) is 2.26. The van der Waals surface area contributed by atoms with Crippen LogP contribution in [0.3, 0.4) is 0 Å². The molecule has 0 radical (unpaired) electrons. The summed E-state index contributed by atoms with van der Waals surface area (Å²) < 4.78 is 0. The van der Waals surface area contributed by atoms with E-state index in [1.807, 2.05) is 19.2 Å². The van der Waals surface area contributed by atoms with Crippen molar-refractivity contribution in [2.24, 2.45) is 0 Å². The largest absolute Gasteiger partial charge is 0.343 e. The van der Waals surface area contributed by atoms with E-state index in [0.717, 1.165) is 42.5 Å². The molecular weight excluding hydrogens is 226 g/mol. The van der Waals surface area contributed by atoms with Crippen molar-refractivity contribution in [3.05, 3.63) is 30.0 Å². The van der Waals surface area contributed by atoms with Crippen molar-refractivity contribution < 1.29 is 0 Å². The first-order chi connectivity index (χ1) is 8.83. The van der Waals surface area contributed by atoms with Crippen LogP contribution in [0.25, 0.3) is 11.5 Å². The Morgan fingerprint density at radius 2 is 2.28 bits per heavy atom. The predicted molar refractivity (Wildman–Crippen MR) is 69.2 cm³/mol. The van der Waals surface area contributed by atoms with Gasteiger partial charge in [0.15, 0.2) is 5.82 Å². The van der Waals surface area contributed by atoms with Crippen molar-refractivity contribution in [1.82, 2.24) is 25.3 Å². The lowest BCUT2D eigenvalue weighted by molar-refractivity contribution is 0.446. The second kappa shape index (κ2) is 4.86. The van der Waals surface area contributed by atoms with Crippen LogP contribution in [0.2, 0.25) is 0 Å². The number of hydrogen-bond donors (Lipinski definition) is 2. The molecule has 18 heavy (non-hydrogen) atoms. The molecule has 5 heteroatoms. The van der Waals surface area contributed by atoms with Crippen LogP contribution in [0.5, 0.6) is 0 Å². The zero-order valence-electron chi connectivity index (χ0n) is 10.5. The van der Waals surface area contributed by atoms with Crippen LogP contribution in [0.4, 0.5) is 0 Å². The first-order valence-corrected chi connectivity index (χ1v) is 6.39. The van der Waals surface area contributed by atoms with Gasteiger partial charge in [-0.2, -0.15) is 0 Å². The summed E-state index contributed by atoms with van der Waals surface area (Å²) in [7, 11) is 0. The van der Waals surface area contributed by atoms with E-state index in [9.17, 15) is 0 Å². The highest BCUT2D eigenvalue weighted by atomic mass is 15.0. The summed E-state index contributed by atoms with van der Waals surface area (Å²) in [6, 6.07) is 1.97. The zero-order valence-corrected chi connectivity index (χ0v) is 10.5. The summed E-state index contributed by atoms with van der Waals surface area (Å²) in [4.78, 5) is 16.6. The number of aryl methyl sites for hydroxylation is 1. The average molecular weight is 243 g/mol. The molecule has 0 spiro atoms. The third-order valence-corrected chi connectivity index (χ3v) is 3.27. The number of aromatic amines is 1. The summed E-state index contributed by atoms with van der Waals surface area (Å²) in [5.74, 6) is 2.17. The molecular formula is C13H17N5. The highest BCUT2D eigenvalue weighted by molar-refractivity contribution is 5.49. The Morgan fingerprint density at radius 3 is 3.00 bits per heavy atom. The Bertz CT molecular complexity index is 514. The first-order valence-electron chi connectivity index (χ1n) is 6.39. The van der Waals surface area contributed by atoms with E-state index in [0.29, 0.717) is 5.92 Å². The van der Waals surface area contributed by atoms with Crippen LogP contribution in [0.15, 0.2) is 18.5 Å². The Labute approximate surface area is 106 Å². The van der Waals surface area contributed by atoms with Gasteiger partial charge in [0.2, 0.25) is 0 Å². The molecule has 94 valence electrons. The van der Waals surface area contributed by atoms with Gasteiger partial charge in [-0.05, 0) is 32.4 Å². The molecule has 2 N–H and O–H groups in total. The lowest BCUT2D eigenvalue weighted by Gasteiger charge is -2.21. The smallest absolute Gasteiger partial charge is 0.156 e. The van der Waals surface area contributed by atoms with Crippen molar-refractivity contribution in [2.75, 3.05) is 13.1 Å². The van der Waals surface area contributed by atoms with Crippen LogP contribution >= 0.6 is 0 Å². The summed E-state index contributed by atoms with van der Waals surface area (Å²) in [5, 5.41) is 3.40. The molecule has 1 aliphatic heterocycles. The predicted octanol–water partition coefficient (Wildman–Crippen LogP) is 1.64. The Balaban J connectivity index is 1.95. The molecule has 2 aromatic rings. The van der Waals surface area contributed by atoms with Gasteiger partial charge in [-0.25, -0.2) is 15.0 Å². The fourth-order valence-electron chi connectivity index (χ4n) is 2.37. The number of piperidine rings is 1. The van der Waals surface area contributed by atoms with Crippen molar-refractivity contribution in [3.8, 4) is 11.5 Å². The minimum Gasteiger partial charge on any atom is -0.343 e. The number of rotatable bonds is 2. The lowest BCUT2D eigenvalue weighted by Crippen LogP contribution is -2.29. The SMILES string of the molecule is Cc1cc(-c2ncc[nH]2)nc(C2CCCNC2)n1. The summed E-state index contributed by atoms with van der Waals surface area (Å²) in [6.07, 6.45) is 5.91.